The third kappa shape index (κ3) is 4.73. The molecular formula is C43H57NO3. The monoisotopic (exact) mass is 635 g/mol. The van der Waals surface area contributed by atoms with Crippen LogP contribution in [0, 0.1) is 50.2 Å². The number of nitrogen functional groups attached to an aromatic ring is 1. The zero-order valence-corrected chi connectivity index (χ0v) is 30.0. The van der Waals surface area contributed by atoms with Gasteiger partial charge in [0.05, 0.1) is 5.41 Å². The smallest absolute Gasteiger partial charge is 0.313 e. The van der Waals surface area contributed by atoms with Crippen LogP contribution >= 0.6 is 0 Å². The highest BCUT2D eigenvalue weighted by molar-refractivity contribution is 5.86. The zero-order valence-electron chi connectivity index (χ0n) is 30.0. The van der Waals surface area contributed by atoms with E-state index in [-0.39, 0.29) is 39.0 Å². The number of hydrogen-bond acceptors (Lipinski definition) is 4. The number of anilines is 1. The van der Waals surface area contributed by atoms with E-state index < -0.39 is 5.41 Å². The molecule has 4 saturated carbocycles. The average molecular weight is 636 g/mol. The molecule has 0 bridgehead atoms. The number of carbonyl (C=O) groups excluding carboxylic acids is 2. The number of ketones is 1. The fourth-order valence-corrected chi connectivity index (χ4v) is 12.4. The van der Waals surface area contributed by atoms with E-state index in [1.54, 1.807) is 0 Å². The number of hydrogen-bond donors (Lipinski definition) is 1. The molecule has 2 N–H and O–H groups in total. The van der Waals surface area contributed by atoms with E-state index >= 15 is 0 Å². The molecule has 252 valence electrons. The number of esters is 1. The van der Waals surface area contributed by atoms with E-state index in [1.807, 2.05) is 36.4 Å². The minimum atomic E-state index is -0.520. The average Bonchev–Trinajstić information content (AvgIpc) is 3.02. The zero-order chi connectivity index (χ0) is 33.6. The Morgan fingerprint density at radius 1 is 0.851 bits per heavy atom. The minimum Gasteiger partial charge on any atom is -0.460 e. The van der Waals surface area contributed by atoms with E-state index in [9.17, 15) is 9.59 Å². The molecule has 7 atom stereocenters. The first-order valence-electron chi connectivity index (χ1n) is 18.4. The Labute approximate surface area is 283 Å². The van der Waals surface area contributed by atoms with Crippen LogP contribution in [-0.2, 0) is 20.9 Å². The Bertz CT molecular complexity index is 1620. The molecule has 1 unspecified atom stereocenters. The molecule has 47 heavy (non-hydrogen) atoms. The molecule has 2 aromatic rings. The van der Waals surface area contributed by atoms with Gasteiger partial charge in [0.1, 0.15) is 12.4 Å². The lowest BCUT2D eigenvalue weighted by molar-refractivity contribution is -0.190. The molecule has 0 saturated heterocycles. The van der Waals surface area contributed by atoms with Gasteiger partial charge >= 0.3 is 5.97 Å². The summed E-state index contributed by atoms with van der Waals surface area (Å²) < 4.78 is 6.31. The molecule has 2 aromatic carbocycles. The summed E-state index contributed by atoms with van der Waals surface area (Å²) >= 11 is 0. The van der Waals surface area contributed by atoms with Crippen LogP contribution in [-0.4, -0.2) is 11.8 Å². The van der Waals surface area contributed by atoms with E-state index in [1.165, 1.54) is 16.7 Å². The lowest BCUT2D eigenvalue weighted by Gasteiger charge is -2.71. The highest BCUT2D eigenvalue weighted by Gasteiger charge is 2.70. The Kier molecular flexibility index (Phi) is 7.51. The number of rotatable bonds is 4. The fraction of sp³-hybridized carbons (Fsp3) is 0.628. The van der Waals surface area contributed by atoms with Gasteiger partial charge in [0.25, 0.3) is 0 Å². The van der Waals surface area contributed by atoms with Crippen molar-refractivity contribution in [2.75, 3.05) is 5.73 Å². The molecule has 5 aliphatic carbocycles. The second-order valence-corrected chi connectivity index (χ2v) is 18.4. The molecule has 5 aliphatic rings. The number of carbonyl (C=O) groups is 2. The molecule has 0 spiro atoms. The Hall–Kier alpha value is -2.88. The molecule has 4 heteroatoms. The van der Waals surface area contributed by atoms with Crippen LogP contribution in [0.2, 0.25) is 0 Å². The lowest BCUT2D eigenvalue weighted by Crippen LogP contribution is -2.65. The normalized spacial score (nSPS) is 38.8. The van der Waals surface area contributed by atoms with Crippen molar-refractivity contribution in [3.63, 3.8) is 0 Å². The van der Waals surface area contributed by atoms with Crippen molar-refractivity contribution < 1.29 is 14.3 Å². The molecular weight excluding hydrogens is 578 g/mol. The number of Topliss-reactive ketones (excluding diaryl/α,β-unsaturated/α-hetero) is 1. The van der Waals surface area contributed by atoms with E-state index in [2.05, 4.69) is 66.7 Å². The van der Waals surface area contributed by atoms with Crippen LogP contribution in [0.4, 0.5) is 5.69 Å². The van der Waals surface area contributed by atoms with Gasteiger partial charge in [-0.15, -0.1) is 0 Å². The molecule has 0 heterocycles. The topological polar surface area (TPSA) is 69.4 Å². The summed E-state index contributed by atoms with van der Waals surface area (Å²) in [6, 6.07) is 18.7. The van der Waals surface area contributed by atoms with Gasteiger partial charge in [-0.3, -0.25) is 9.59 Å². The van der Waals surface area contributed by atoms with Crippen LogP contribution in [0.3, 0.4) is 0 Å². The Morgan fingerprint density at radius 3 is 2.30 bits per heavy atom. The quantitative estimate of drug-likeness (QED) is 0.268. The van der Waals surface area contributed by atoms with Gasteiger partial charge in [-0.05, 0) is 126 Å². The summed E-state index contributed by atoms with van der Waals surface area (Å²) in [5.74, 6) is 1.39. The highest BCUT2D eigenvalue weighted by Crippen LogP contribution is 2.77. The van der Waals surface area contributed by atoms with Crippen LogP contribution in [0.5, 0.6) is 0 Å². The van der Waals surface area contributed by atoms with Gasteiger partial charge in [-0.1, -0.05) is 96.5 Å². The molecule has 7 rings (SSSR count). The van der Waals surface area contributed by atoms with Crippen LogP contribution in [0.15, 0.2) is 60.2 Å². The first kappa shape index (κ1) is 32.7. The highest BCUT2D eigenvalue weighted by atomic mass is 16.5. The minimum absolute atomic E-state index is 0.00109. The molecule has 4 nitrogen and oxygen atoms in total. The summed E-state index contributed by atoms with van der Waals surface area (Å²) in [7, 11) is 0. The summed E-state index contributed by atoms with van der Waals surface area (Å²) in [4.78, 5) is 28.0. The molecule has 0 radical (unpaired) electrons. The first-order valence-corrected chi connectivity index (χ1v) is 18.4. The SMILES string of the molecule is CC1(C)CC[C@]2(C(=O)OCc3ccccc3)CC[C@]3(C)C(=C(c4cccc(N)c4)CC4[C@@]5(C)CCC(=O)C(C)(C)[C@@H]5CC[C@]43C)[C@@H]2C1. The fourth-order valence-electron chi connectivity index (χ4n) is 12.4. The third-order valence-corrected chi connectivity index (χ3v) is 15.3. The second-order valence-electron chi connectivity index (χ2n) is 18.4. The van der Waals surface area contributed by atoms with Gasteiger partial charge in [-0.25, -0.2) is 0 Å². The van der Waals surface area contributed by atoms with Gasteiger partial charge in [-0.2, -0.15) is 0 Å². The maximum atomic E-state index is 14.6. The second kappa shape index (κ2) is 10.8. The molecule has 4 fully saturated rings. The maximum absolute atomic E-state index is 14.6. The van der Waals surface area contributed by atoms with Crippen LogP contribution in [0.1, 0.15) is 124 Å². The standard InChI is InChI=1S/C43H57NO3/c1-38(2)20-22-43(37(46)47-27-28-12-9-8-10-13-28)23-21-42(7)36(32(43)26-38)31(29-14-11-15-30(44)24-29)25-34-40(5)18-17-35(45)39(3,4)33(40)16-19-41(34,42)6/h8-15,24,32-34H,16-23,25-27,44H2,1-7H3/t32-,33-,34?,40-,41+,42+,43-/m0/s1. The summed E-state index contributed by atoms with van der Waals surface area (Å²) in [5, 5.41) is 0. The summed E-state index contributed by atoms with van der Waals surface area (Å²) in [6.45, 7) is 17.3. The van der Waals surface area contributed by atoms with Gasteiger partial charge < -0.3 is 10.5 Å². The van der Waals surface area contributed by atoms with Crippen molar-refractivity contribution >= 4 is 23.0 Å². The van der Waals surface area contributed by atoms with Crippen molar-refractivity contribution in [2.45, 2.75) is 119 Å². The first-order chi connectivity index (χ1) is 22.1. The van der Waals surface area contributed by atoms with E-state index in [4.69, 9.17) is 10.5 Å². The van der Waals surface area contributed by atoms with Gasteiger partial charge in [0.2, 0.25) is 0 Å². The largest absolute Gasteiger partial charge is 0.460 e. The van der Waals surface area contributed by atoms with Gasteiger partial charge in [0.15, 0.2) is 0 Å². The van der Waals surface area contributed by atoms with Crippen molar-refractivity contribution in [3.8, 4) is 0 Å². The van der Waals surface area contributed by atoms with Crippen molar-refractivity contribution in [3.05, 3.63) is 71.3 Å². The van der Waals surface area contributed by atoms with Crippen LogP contribution < -0.4 is 5.73 Å². The summed E-state index contributed by atoms with van der Waals surface area (Å²) in [6.07, 6.45) is 9.62. The number of benzene rings is 2. The molecule has 0 aliphatic heterocycles. The third-order valence-electron chi connectivity index (χ3n) is 15.3. The number of ether oxygens (including phenoxy) is 1. The predicted octanol–water partition coefficient (Wildman–Crippen LogP) is 10.2. The summed E-state index contributed by atoms with van der Waals surface area (Å²) in [5.41, 5.74) is 11.9. The Balaban J connectivity index is 1.40. The number of fused-ring (bicyclic) bond motifs is 7. The maximum Gasteiger partial charge on any atom is 0.313 e. The predicted molar refractivity (Wildman–Crippen MR) is 190 cm³/mol. The van der Waals surface area contributed by atoms with Crippen molar-refractivity contribution in [1.29, 1.82) is 0 Å². The molecule has 0 aromatic heterocycles. The van der Waals surface area contributed by atoms with E-state index in [0.717, 1.165) is 69.0 Å². The number of nitrogens with two attached hydrogens (primary N) is 1. The lowest BCUT2D eigenvalue weighted by atomic mass is 9.32. The molecule has 0 amide bonds. The van der Waals surface area contributed by atoms with E-state index in [0.29, 0.717) is 30.6 Å². The van der Waals surface area contributed by atoms with Crippen molar-refractivity contribution in [2.24, 2.45) is 50.2 Å². The van der Waals surface area contributed by atoms with Crippen LogP contribution in [0.25, 0.3) is 5.57 Å². The van der Waals surface area contributed by atoms with Crippen molar-refractivity contribution in [1.82, 2.24) is 0 Å². The Morgan fingerprint density at radius 2 is 1.57 bits per heavy atom. The number of allylic oxidation sites excluding steroid dienone is 2. The van der Waals surface area contributed by atoms with Gasteiger partial charge in [0, 0.05) is 17.5 Å².